The Kier molecular flexibility index (Phi) is 7.33. The van der Waals surface area contributed by atoms with Gasteiger partial charge in [-0.05, 0) is 12.8 Å². The van der Waals surface area contributed by atoms with E-state index in [1.165, 1.54) is 0 Å². The van der Waals surface area contributed by atoms with Gasteiger partial charge >= 0.3 is 12.0 Å². The number of hydrogen-bond acceptors (Lipinski definition) is 4. The first kappa shape index (κ1) is 16.5. The normalized spacial score (nSPS) is 9.90. The minimum Gasteiger partial charge on any atom is -0.480 e. The number of aliphatic carboxylic acids is 1. The molecular formula is C12H19N5O4. The molecule has 0 aromatic carbocycles. The van der Waals surface area contributed by atoms with Gasteiger partial charge in [0.2, 0.25) is 5.91 Å². The van der Waals surface area contributed by atoms with Gasteiger partial charge in [0.25, 0.3) is 0 Å². The van der Waals surface area contributed by atoms with Crippen LogP contribution in [0.25, 0.3) is 0 Å². The van der Waals surface area contributed by atoms with E-state index >= 15 is 0 Å². The van der Waals surface area contributed by atoms with Gasteiger partial charge in [0.15, 0.2) is 0 Å². The van der Waals surface area contributed by atoms with Gasteiger partial charge in [0.1, 0.15) is 6.54 Å². The number of carbonyl (C=O) groups is 3. The number of aromatic nitrogens is 2. The Morgan fingerprint density at radius 3 is 2.57 bits per heavy atom. The first-order chi connectivity index (χ1) is 10.1. The van der Waals surface area contributed by atoms with Crippen molar-refractivity contribution in [1.29, 1.82) is 0 Å². The number of hydrogen-bond donors (Lipinski definition) is 4. The lowest BCUT2D eigenvalue weighted by molar-refractivity contribution is -0.137. The van der Waals surface area contributed by atoms with Crippen LogP contribution in [0.15, 0.2) is 18.7 Å². The second-order valence-electron chi connectivity index (χ2n) is 4.29. The second kappa shape index (κ2) is 9.34. The number of carboxylic acid groups (broad SMARTS) is 1. The number of unbranched alkanes of at least 4 members (excludes halogenated alkanes) is 1. The van der Waals surface area contributed by atoms with Crippen molar-refractivity contribution in [2.24, 2.45) is 0 Å². The monoisotopic (exact) mass is 297 g/mol. The molecule has 1 heterocycles. The molecule has 0 unspecified atom stereocenters. The van der Waals surface area contributed by atoms with Crippen LogP contribution < -0.4 is 16.0 Å². The van der Waals surface area contributed by atoms with Crippen LogP contribution in [0, 0.1) is 0 Å². The molecule has 21 heavy (non-hydrogen) atoms. The van der Waals surface area contributed by atoms with Crippen molar-refractivity contribution in [2.45, 2.75) is 19.4 Å². The number of carboxylic acids is 1. The van der Waals surface area contributed by atoms with Gasteiger partial charge in [-0.1, -0.05) is 0 Å². The van der Waals surface area contributed by atoms with E-state index in [1.54, 1.807) is 12.5 Å². The van der Waals surface area contributed by atoms with Crippen LogP contribution in [0.4, 0.5) is 4.79 Å². The van der Waals surface area contributed by atoms with Gasteiger partial charge in [0, 0.05) is 25.5 Å². The molecule has 0 aliphatic heterocycles. The fourth-order valence-corrected chi connectivity index (χ4v) is 1.50. The highest BCUT2D eigenvalue weighted by atomic mass is 16.4. The third-order valence-corrected chi connectivity index (χ3v) is 2.53. The van der Waals surface area contributed by atoms with Gasteiger partial charge in [-0.15, -0.1) is 0 Å². The minimum atomic E-state index is -1.13. The molecule has 0 aliphatic carbocycles. The van der Waals surface area contributed by atoms with Crippen LogP contribution in [0.5, 0.6) is 0 Å². The minimum absolute atomic E-state index is 0.256. The van der Waals surface area contributed by atoms with E-state index < -0.39 is 24.5 Å². The third kappa shape index (κ3) is 8.24. The molecular weight excluding hydrogens is 278 g/mol. The van der Waals surface area contributed by atoms with Gasteiger partial charge in [-0.25, -0.2) is 9.78 Å². The molecule has 3 amide bonds. The highest BCUT2D eigenvalue weighted by Crippen LogP contribution is 1.93. The van der Waals surface area contributed by atoms with Crippen LogP contribution in [0.1, 0.15) is 12.8 Å². The number of nitrogens with zero attached hydrogens (tertiary/aromatic N) is 2. The summed E-state index contributed by atoms with van der Waals surface area (Å²) >= 11 is 0. The lowest BCUT2D eigenvalue weighted by Crippen LogP contribution is -2.43. The molecule has 9 heteroatoms. The summed E-state index contributed by atoms with van der Waals surface area (Å²) in [6.45, 7) is 0.614. The zero-order chi connectivity index (χ0) is 15.5. The molecule has 116 valence electrons. The Balaban J connectivity index is 1.98. The predicted octanol–water partition coefficient (Wildman–Crippen LogP) is -0.837. The maximum absolute atomic E-state index is 11.3. The molecule has 1 aromatic heterocycles. The Bertz CT molecular complexity index is 460. The number of urea groups is 1. The summed E-state index contributed by atoms with van der Waals surface area (Å²) in [5.41, 5.74) is 0. The van der Waals surface area contributed by atoms with Crippen molar-refractivity contribution < 1.29 is 19.5 Å². The zero-order valence-corrected chi connectivity index (χ0v) is 11.5. The number of nitrogens with one attached hydrogen (secondary N) is 3. The van der Waals surface area contributed by atoms with Crippen molar-refractivity contribution in [2.75, 3.05) is 19.6 Å². The molecule has 0 bridgehead atoms. The Morgan fingerprint density at radius 1 is 1.10 bits per heavy atom. The van der Waals surface area contributed by atoms with Crippen LogP contribution >= 0.6 is 0 Å². The van der Waals surface area contributed by atoms with Crippen LogP contribution in [-0.2, 0) is 16.1 Å². The lowest BCUT2D eigenvalue weighted by atomic mass is 10.3. The molecule has 9 nitrogen and oxygen atoms in total. The van der Waals surface area contributed by atoms with Gasteiger partial charge in [0.05, 0.1) is 12.9 Å². The maximum atomic E-state index is 11.3. The van der Waals surface area contributed by atoms with Crippen LogP contribution in [0.2, 0.25) is 0 Å². The molecule has 0 fully saturated rings. The fraction of sp³-hybridized carbons (Fsp3) is 0.500. The average Bonchev–Trinajstić information content (AvgIpc) is 2.95. The summed E-state index contributed by atoms with van der Waals surface area (Å²) in [4.78, 5) is 36.6. The van der Waals surface area contributed by atoms with E-state index in [1.807, 2.05) is 10.8 Å². The SMILES string of the molecule is O=C(O)CNC(=O)CNC(=O)NCCCCn1ccnc1. The topological polar surface area (TPSA) is 125 Å². The van der Waals surface area contributed by atoms with E-state index in [9.17, 15) is 14.4 Å². The largest absolute Gasteiger partial charge is 0.480 e. The molecule has 0 spiro atoms. The molecule has 0 atom stereocenters. The van der Waals surface area contributed by atoms with E-state index in [2.05, 4.69) is 20.9 Å². The van der Waals surface area contributed by atoms with E-state index in [-0.39, 0.29) is 6.54 Å². The van der Waals surface area contributed by atoms with E-state index in [4.69, 9.17) is 5.11 Å². The molecule has 1 rings (SSSR count). The predicted molar refractivity (Wildman–Crippen MR) is 73.5 cm³/mol. The van der Waals surface area contributed by atoms with Crippen LogP contribution in [-0.4, -0.2) is 52.2 Å². The zero-order valence-electron chi connectivity index (χ0n) is 11.5. The molecule has 0 saturated heterocycles. The fourth-order valence-electron chi connectivity index (χ4n) is 1.50. The highest BCUT2D eigenvalue weighted by molar-refractivity contribution is 5.86. The van der Waals surface area contributed by atoms with Gasteiger partial charge in [-0.3, -0.25) is 9.59 Å². The second-order valence-corrected chi connectivity index (χ2v) is 4.29. The summed E-state index contributed by atoms with van der Waals surface area (Å²) < 4.78 is 1.95. The lowest BCUT2D eigenvalue weighted by Gasteiger charge is -2.07. The number of aryl methyl sites for hydroxylation is 1. The van der Waals surface area contributed by atoms with Crippen molar-refractivity contribution in [3.63, 3.8) is 0 Å². The molecule has 0 saturated carbocycles. The molecule has 0 aliphatic rings. The highest BCUT2D eigenvalue weighted by Gasteiger charge is 2.05. The summed E-state index contributed by atoms with van der Waals surface area (Å²) in [5.74, 6) is -1.68. The van der Waals surface area contributed by atoms with Gasteiger partial charge in [-0.2, -0.15) is 0 Å². The summed E-state index contributed by atoms with van der Waals surface area (Å²) in [6, 6.07) is -0.455. The van der Waals surface area contributed by atoms with Crippen molar-refractivity contribution >= 4 is 17.9 Å². The number of amides is 3. The third-order valence-electron chi connectivity index (χ3n) is 2.53. The average molecular weight is 297 g/mol. The van der Waals surface area contributed by atoms with Crippen molar-refractivity contribution in [3.8, 4) is 0 Å². The Hall–Kier alpha value is -2.58. The standard InChI is InChI=1S/C12H19N5O4/c18-10(15-8-11(19)20)7-16-12(21)14-3-1-2-5-17-6-4-13-9-17/h4,6,9H,1-3,5,7-8H2,(H,15,18)(H,19,20)(H2,14,16,21). The van der Waals surface area contributed by atoms with E-state index in [0.717, 1.165) is 19.4 Å². The number of rotatable bonds is 9. The first-order valence-corrected chi connectivity index (χ1v) is 6.54. The van der Waals surface area contributed by atoms with Crippen LogP contribution in [0.3, 0.4) is 0 Å². The summed E-state index contributed by atoms with van der Waals surface area (Å²) in [6.07, 6.45) is 7.01. The van der Waals surface area contributed by atoms with Crippen molar-refractivity contribution in [3.05, 3.63) is 18.7 Å². The van der Waals surface area contributed by atoms with Crippen molar-refractivity contribution in [1.82, 2.24) is 25.5 Å². The number of imidazole rings is 1. The Labute approximate surface area is 121 Å². The summed E-state index contributed by atoms with van der Waals surface area (Å²) in [5, 5.41) is 15.4. The first-order valence-electron chi connectivity index (χ1n) is 6.54. The summed E-state index contributed by atoms with van der Waals surface area (Å²) in [7, 11) is 0. The molecule has 0 radical (unpaired) electrons. The Morgan fingerprint density at radius 2 is 1.90 bits per heavy atom. The number of carbonyl (C=O) groups excluding carboxylic acids is 2. The van der Waals surface area contributed by atoms with Gasteiger partial charge < -0.3 is 25.6 Å². The smallest absolute Gasteiger partial charge is 0.322 e. The molecule has 4 N–H and O–H groups in total. The van der Waals surface area contributed by atoms with E-state index in [0.29, 0.717) is 6.54 Å². The maximum Gasteiger partial charge on any atom is 0.322 e. The quantitative estimate of drug-likeness (QED) is 0.442. The molecule has 1 aromatic rings.